The first kappa shape index (κ1) is 20.7. The van der Waals surface area contributed by atoms with Crippen LogP contribution in [0, 0.1) is 34.0 Å². The third-order valence-electron chi connectivity index (χ3n) is 9.67. The Hall–Kier alpha value is -1.58. The summed E-state index contributed by atoms with van der Waals surface area (Å²) in [7, 11) is 0. The monoisotopic (exact) mass is 400 g/mol. The number of ether oxygens (including phenoxy) is 1. The number of fused-ring (bicyclic) bond motifs is 3. The Kier molecular flexibility index (Phi) is 4.79. The van der Waals surface area contributed by atoms with Crippen molar-refractivity contribution < 1.29 is 19.4 Å². The average molecular weight is 401 g/mol. The number of carboxylic acids is 1. The Morgan fingerprint density at radius 3 is 2.52 bits per heavy atom. The van der Waals surface area contributed by atoms with Gasteiger partial charge in [0.15, 0.2) is 0 Å². The summed E-state index contributed by atoms with van der Waals surface area (Å²) in [6.07, 6.45) is 9.29. The summed E-state index contributed by atoms with van der Waals surface area (Å²) in [4.78, 5) is 25.1. The van der Waals surface area contributed by atoms with Gasteiger partial charge >= 0.3 is 11.9 Å². The molecule has 0 aromatic carbocycles. The van der Waals surface area contributed by atoms with Gasteiger partial charge in [0, 0.05) is 11.0 Å². The predicted octanol–water partition coefficient (Wildman–Crippen LogP) is 5.53. The molecule has 160 valence electrons. The Balaban J connectivity index is 1.77. The van der Waals surface area contributed by atoms with Crippen LogP contribution in [0.1, 0.15) is 79.1 Å². The lowest BCUT2D eigenvalue weighted by molar-refractivity contribution is -0.220. The van der Waals surface area contributed by atoms with E-state index in [9.17, 15) is 14.7 Å². The molecule has 4 heteroatoms. The summed E-state index contributed by atoms with van der Waals surface area (Å²) in [5.74, 6) is 0.120. The van der Waals surface area contributed by atoms with Gasteiger partial charge in [-0.15, -0.1) is 0 Å². The molecule has 0 aliphatic heterocycles. The fourth-order valence-electron chi connectivity index (χ4n) is 8.02. The third-order valence-corrected chi connectivity index (χ3v) is 9.67. The minimum Gasteiger partial charge on any atom is -0.481 e. The van der Waals surface area contributed by atoms with Gasteiger partial charge < -0.3 is 9.84 Å². The number of hydrogen-bond acceptors (Lipinski definition) is 3. The Bertz CT molecular complexity index is 782. The van der Waals surface area contributed by atoms with Crippen molar-refractivity contribution in [2.45, 2.75) is 85.2 Å². The molecule has 4 nitrogen and oxygen atoms in total. The van der Waals surface area contributed by atoms with Crippen molar-refractivity contribution in [1.29, 1.82) is 0 Å². The number of carbonyl (C=O) groups excluding carboxylic acids is 1. The van der Waals surface area contributed by atoms with Crippen molar-refractivity contribution in [3.8, 4) is 0 Å². The highest BCUT2D eigenvalue weighted by atomic mass is 16.5. The van der Waals surface area contributed by atoms with Crippen LogP contribution in [-0.2, 0) is 14.3 Å². The van der Waals surface area contributed by atoms with Gasteiger partial charge in [-0.2, -0.15) is 0 Å². The number of hydrogen-bond donors (Lipinski definition) is 1. The van der Waals surface area contributed by atoms with Gasteiger partial charge in [-0.05, 0) is 95.3 Å². The van der Waals surface area contributed by atoms with E-state index in [0.29, 0.717) is 30.3 Å². The molecule has 4 aliphatic rings. The van der Waals surface area contributed by atoms with Crippen LogP contribution < -0.4 is 0 Å². The van der Waals surface area contributed by atoms with Crippen LogP contribution in [0.2, 0.25) is 0 Å². The Morgan fingerprint density at radius 2 is 1.86 bits per heavy atom. The zero-order valence-electron chi connectivity index (χ0n) is 18.4. The molecule has 4 aliphatic carbocycles. The second kappa shape index (κ2) is 6.72. The molecule has 0 saturated heterocycles. The quantitative estimate of drug-likeness (QED) is 0.384. The largest absolute Gasteiger partial charge is 0.481 e. The van der Waals surface area contributed by atoms with Gasteiger partial charge in [-0.1, -0.05) is 25.2 Å². The minimum absolute atomic E-state index is 0.0333. The lowest BCUT2D eigenvalue weighted by Crippen LogP contribution is -2.64. The fraction of sp³-hybridized carbons (Fsp3) is 0.760. The number of rotatable bonds is 3. The summed E-state index contributed by atoms with van der Waals surface area (Å²) >= 11 is 0. The lowest BCUT2D eigenvalue weighted by atomic mass is 9.40. The van der Waals surface area contributed by atoms with Crippen molar-refractivity contribution in [2.24, 2.45) is 34.0 Å². The molecule has 29 heavy (non-hydrogen) atoms. The van der Waals surface area contributed by atoms with Gasteiger partial charge in [-0.25, -0.2) is 4.79 Å². The first-order valence-corrected chi connectivity index (χ1v) is 11.3. The van der Waals surface area contributed by atoms with E-state index in [1.807, 2.05) is 13.8 Å². The van der Waals surface area contributed by atoms with E-state index in [1.54, 1.807) is 13.0 Å². The molecule has 1 N–H and O–H groups in total. The molecule has 2 bridgehead atoms. The van der Waals surface area contributed by atoms with Gasteiger partial charge in [0.1, 0.15) is 6.10 Å². The number of allylic oxidation sites excluding steroid dienone is 2. The normalized spacial score (nSPS) is 46.6. The fourth-order valence-corrected chi connectivity index (χ4v) is 8.02. The molecule has 4 rings (SSSR count). The standard InChI is InChI=1S/C25H36O4/c1-6-15(2)21(26)29-20-10-11-23(4,22(27)28)18-9-12-25-13-16(3)17(14-25)7-8-19(25)24(18,20)5/h6,17-20H,3,7-14H2,1-2,4-5H3,(H,27,28). The molecular formula is C25H36O4. The maximum Gasteiger partial charge on any atom is 0.333 e. The zero-order chi connectivity index (χ0) is 21.2. The van der Waals surface area contributed by atoms with E-state index < -0.39 is 11.4 Å². The molecule has 7 unspecified atom stereocenters. The maximum atomic E-state index is 12.7. The van der Waals surface area contributed by atoms with Crippen molar-refractivity contribution >= 4 is 11.9 Å². The van der Waals surface area contributed by atoms with Crippen LogP contribution in [0.4, 0.5) is 0 Å². The van der Waals surface area contributed by atoms with Crippen molar-refractivity contribution in [3.63, 3.8) is 0 Å². The van der Waals surface area contributed by atoms with Crippen LogP contribution in [0.15, 0.2) is 23.8 Å². The molecule has 4 saturated carbocycles. The van der Waals surface area contributed by atoms with E-state index in [4.69, 9.17) is 4.74 Å². The van der Waals surface area contributed by atoms with Crippen molar-refractivity contribution in [3.05, 3.63) is 23.8 Å². The van der Waals surface area contributed by atoms with Crippen molar-refractivity contribution in [2.75, 3.05) is 0 Å². The topological polar surface area (TPSA) is 63.6 Å². The first-order chi connectivity index (χ1) is 13.6. The lowest BCUT2D eigenvalue weighted by Gasteiger charge is -2.65. The van der Waals surface area contributed by atoms with Gasteiger partial charge in [0.25, 0.3) is 0 Å². The van der Waals surface area contributed by atoms with E-state index >= 15 is 0 Å². The smallest absolute Gasteiger partial charge is 0.333 e. The molecule has 7 atom stereocenters. The second-order valence-electron chi connectivity index (χ2n) is 10.8. The molecule has 4 fully saturated rings. The van der Waals surface area contributed by atoms with Crippen LogP contribution in [0.25, 0.3) is 0 Å². The number of esters is 1. The molecule has 0 radical (unpaired) electrons. The summed E-state index contributed by atoms with van der Waals surface area (Å²) in [6.45, 7) is 12.2. The highest BCUT2D eigenvalue weighted by molar-refractivity contribution is 5.87. The van der Waals surface area contributed by atoms with Crippen LogP contribution in [0.5, 0.6) is 0 Å². The summed E-state index contributed by atoms with van der Waals surface area (Å²) in [5.41, 5.74) is 1.19. The van der Waals surface area contributed by atoms with Gasteiger partial charge in [0.05, 0.1) is 5.41 Å². The van der Waals surface area contributed by atoms with Gasteiger partial charge in [-0.3, -0.25) is 4.79 Å². The molecule has 0 heterocycles. The minimum atomic E-state index is -0.749. The van der Waals surface area contributed by atoms with E-state index in [2.05, 4.69) is 13.5 Å². The highest BCUT2D eigenvalue weighted by Gasteiger charge is 2.68. The average Bonchev–Trinajstić information content (AvgIpc) is 2.91. The first-order valence-electron chi connectivity index (χ1n) is 11.3. The highest BCUT2D eigenvalue weighted by Crippen LogP contribution is 2.72. The van der Waals surface area contributed by atoms with E-state index in [0.717, 1.165) is 32.1 Å². The molecule has 0 aromatic rings. The molecule has 0 amide bonds. The zero-order valence-corrected chi connectivity index (χ0v) is 18.4. The number of carboxylic acid groups (broad SMARTS) is 1. The Morgan fingerprint density at radius 1 is 1.14 bits per heavy atom. The van der Waals surface area contributed by atoms with Crippen LogP contribution in [-0.4, -0.2) is 23.1 Å². The number of carbonyl (C=O) groups is 2. The predicted molar refractivity (Wildman–Crippen MR) is 112 cm³/mol. The van der Waals surface area contributed by atoms with E-state index in [1.165, 1.54) is 12.0 Å². The van der Waals surface area contributed by atoms with E-state index in [-0.39, 0.29) is 28.8 Å². The molecule has 0 aromatic heterocycles. The number of aliphatic carboxylic acids is 1. The maximum absolute atomic E-state index is 12.7. The summed E-state index contributed by atoms with van der Waals surface area (Å²) in [6, 6.07) is 0. The van der Waals surface area contributed by atoms with Crippen LogP contribution >= 0.6 is 0 Å². The van der Waals surface area contributed by atoms with Crippen LogP contribution in [0.3, 0.4) is 0 Å². The second-order valence-corrected chi connectivity index (χ2v) is 10.8. The molecule has 1 spiro atoms. The molecular weight excluding hydrogens is 364 g/mol. The van der Waals surface area contributed by atoms with Crippen molar-refractivity contribution in [1.82, 2.24) is 0 Å². The van der Waals surface area contributed by atoms with Gasteiger partial charge in [0.2, 0.25) is 0 Å². The third kappa shape index (κ3) is 2.77. The SMILES string of the molecule is C=C1CC23CCC4C(C)(C(=O)O)CCC(OC(=O)C(C)=CC)C4(C)C2CCC1C3. The summed E-state index contributed by atoms with van der Waals surface area (Å²) < 4.78 is 6.15. The summed E-state index contributed by atoms with van der Waals surface area (Å²) in [5, 5.41) is 10.2. The Labute approximate surface area is 174 Å².